The van der Waals surface area contributed by atoms with Crippen molar-refractivity contribution in [3.05, 3.63) is 28.2 Å². The molecule has 0 radical (unpaired) electrons. The van der Waals surface area contributed by atoms with Gasteiger partial charge in [0.2, 0.25) is 0 Å². The molecular formula is C13H16BrNO2. The van der Waals surface area contributed by atoms with Crippen molar-refractivity contribution in [1.29, 1.82) is 5.26 Å². The van der Waals surface area contributed by atoms with Crippen molar-refractivity contribution in [1.82, 2.24) is 0 Å². The van der Waals surface area contributed by atoms with Crippen molar-refractivity contribution >= 4 is 15.9 Å². The standard InChI is InChI=1S/C13H16BrNO2/c1-10(16)12-6-5-11(14)9-13(12)17-8-4-2-3-7-15/h5-6,9-10,16H,2-4,8H2,1H3/t10-/m1/s1. The van der Waals surface area contributed by atoms with Crippen LogP contribution in [0.5, 0.6) is 5.75 Å². The van der Waals surface area contributed by atoms with Crippen molar-refractivity contribution < 1.29 is 9.84 Å². The fourth-order valence-corrected chi connectivity index (χ4v) is 1.81. The topological polar surface area (TPSA) is 53.2 Å². The van der Waals surface area contributed by atoms with Crippen LogP contribution in [0.2, 0.25) is 0 Å². The van der Waals surface area contributed by atoms with Crippen molar-refractivity contribution in [3.8, 4) is 11.8 Å². The lowest BCUT2D eigenvalue weighted by Crippen LogP contribution is -2.02. The van der Waals surface area contributed by atoms with E-state index in [1.54, 1.807) is 6.92 Å². The van der Waals surface area contributed by atoms with Crippen molar-refractivity contribution in [2.24, 2.45) is 0 Å². The number of rotatable bonds is 6. The van der Waals surface area contributed by atoms with Gasteiger partial charge in [0, 0.05) is 16.5 Å². The van der Waals surface area contributed by atoms with Gasteiger partial charge in [0.25, 0.3) is 0 Å². The molecule has 0 aliphatic heterocycles. The molecule has 0 saturated heterocycles. The maximum atomic E-state index is 9.60. The van der Waals surface area contributed by atoms with Gasteiger partial charge in [-0.05, 0) is 31.9 Å². The summed E-state index contributed by atoms with van der Waals surface area (Å²) in [5.41, 5.74) is 0.786. The number of nitrogens with zero attached hydrogens (tertiary/aromatic N) is 1. The van der Waals surface area contributed by atoms with E-state index in [2.05, 4.69) is 22.0 Å². The summed E-state index contributed by atoms with van der Waals surface area (Å²) in [4.78, 5) is 0. The van der Waals surface area contributed by atoms with Crippen LogP contribution in [0.25, 0.3) is 0 Å². The molecule has 0 aliphatic carbocycles. The Morgan fingerprint density at radius 1 is 1.47 bits per heavy atom. The Kier molecular flexibility index (Phi) is 6.03. The van der Waals surface area contributed by atoms with Gasteiger partial charge in [-0.3, -0.25) is 0 Å². The number of unbranched alkanes of at least 4 members (excludes halogenated alkanes) is 2. The van der Waals surface area contributed by atoms with E-state index in [1.807, 2.05) is 18.2 Å². The summed E-state index contributed by atoms with van der Waals surface area (Å²) in [7, 11) is 0. The van der Waals surface area contributed by atoms with Gasteiger partial charge in [-0.1, -0.05) is 22.0 Å². The normalized spacial score (nSPS) is 11.9. The van der Waals surface area contributed by atoms with Crippen LogP contribution < -0.4 is 4.74 Å². The zero-order chi connectivity index (χ0) is 12.7. The molecule has 1 aromatic rings. The molecule has 3 nitrogen and oxygen atoms in total. The first kappa shape index (κ1) is 14.0. The van der Waals surface area contributed by atoms with Gasteiger partial charge in [-0.2, -0.15) is 5.26 Å². The third-order valence-electron chi connectivity index (χ3n) is 2.37. The number of aliphatic hydroxyl groups excluding tert-OH is 1. The molecule has 17 heavy (non-hydrogen) atoms. The lowest BCUT2D eigenvalue weighted by molar-refractivity contribution is 0.190. The predicted octanol–water partition coefficient (Wildman–Crippen LogP) is 3.58. The summed E-state index contributed by atoms with van der Waals surface area (Å²) in [6.07, 6.45) is 1.70. The highest BCUT2D eigenvalue weighted by atomic mass is 79.9. The van der Waals surface area contributed by atoms with E-state index >= 15 is 0 Å². The summed E-state index contributed by atoms with van der Waals surface area (Å²) < 4.78 is 6.55. The Hall–Kier alpha value is -1.05. The molecule has 92 valence electrons. The molecule has 0 aliphatic rings. The molecular weight excluding hydrogens is 282 g/mol. The van der Waals surface area contributed by atoms with Gasteiger partial charge in [0.1, 0.15) is 5.75 Å². The number of nitriles is 1. The Bertz CT molecular complexity index is 399. The van der Waals surface area contributed by atoms with Gasteiger partial charge in [0.15, 0.2) is 0 Å². The van der Waals surface area contributed by atoms with Gasteiger partial charge >= 0.3 is 0 Å². The second kappa shape index (κ2) is 7.31. The smallest absolute Gasteiger partial charge is 0.126 e. The van der Waals surface area contributed by atoms with Crippen LogP contribution in [0.1, 0.15) is 37.9 Å². The lowest BCUT2D eigenvalue weighted by atomic mass is 10.1. The third-order valence-corrected chi connectivity index (χ3v) is 2.86. The second-order valence-corrected chi connectivity index (χ2v) is 4.74. The number of benzene rings is 1. The molecule has 1 rings (SSSR count). The minimum Gasteiger partial charge on any atom is -0.493 e. The van der Waals surface area contributed by atoms with Crippen LogP contribution >= 0.6 is 15.9 Å². The highest BCUT2D eigenvalue weighted by Crippen LogP contribution is 2.28. The molecule has 0 amide bonds. The highest BCUT2D eigenvalue weighted by molar-refractivity contribution is 9.10. The highest BCUT2D eigenvalue weighted by Gasteiger charge is 2.09. The van der Waals surface area contributed by atoms with Crippen LogP contribution in [-0.2, 0) is 0 Å². The number of hydrogen-bond acceptors (Lipinski definition) is 3. The minimum atomic E-state index is -0.544. The Morgan fingerprint density at radius 2 is 2.24 bits per heavy atom. The molecule has 0 spiro atoms. The van der Waals surface area contributed by atoms with Crippen molar-refractivity contribution in [3.63, 3.8) is 0 Å². The lowest BCUT2D eigenvalue weighted by Gasteiger charge is -2.13. The van der Waals surface area contributed by atoms with Gasteiger partial charge in [-0.25, -0.2) is 0 Å². The number of ether oxygens (including phenoxy) is 1. The molecule has 1 N–H and O–H groups in total. The Morgan fingerprint density at radius 3 is 2.88 bits per heavy atom. The summed E-state index contributed by atoms with van der Waals surface area (Å²) >= 11 is 3.37. The van der Waals surface area contributed by atoms with E-state index in [4.69, 9.17) is 10.00 Å². The van der Waals surface area contributed by atoms with Gasteiger partial charge in [0.05, 0.1) is 18.8 Å². The molecule has 4 heteroatoms. The monoisotopic (exact) mass is 297 g/mol. The zero-order valence-corrected chi connectivity index (χ0v) is 11.4. The summed E-state index contributed by atoms with van der Waals surface area (Å²) in [5, 5.41) is 18.0. The molecule has 0 heterocycles. The average Bonchev–Trinajstić information content (AvgIpc) is 2.28. The number of halogens is 1. The van der Waals surface area contributed by atoms with E-state index in [1.165, 1.54) is 0 Å². The van der Waals surface area contributed by atoms with E-state index in [0.29, 0.717) is 18.8 Å². The van der Waals surface area contributed by atoms with E-state index in [9.17, 15) is 5.11 Å². The third kappa shape index (κ3) is 4.76. The maximum absolute atomic E-state index is 9.60. The van der Waals surface area contributed by atoms with Crippen LogP contribution in [0.15, 0.2) is 22.7 Å². The fraction of sp³-hybridized carbons (Fsp3) is 0.462. The molecule has 0 fully saturated rings. The zero-order valence-electron chi connectivity index (χ0n) is 9.82. The SMILES string of the molecule is C[C@@H](O)c1ccc(Br)cc1OCCCCC#N. The molecule has 0 aromatic heterocycles. The number of hydrogen-bond donors (Lipinski definition) is 1. The van der Waals surface area contributed by atoms with Gasteiger partial charge in [-0.15, -0.1) is 0 Å². The number of aliphatic hydroxyl groups is 1. The van der Waals surface area contributed by atoms with Crippen LogP contribution in [0.3, 0.4) is 0 Å². The maximum Gasteiger partial charge on any atom is 0.126 e. The molecule has 0 bridgehead atoms. The largest absolute Gasteiger partial charge is 0.493 e. The minimum absolute atomic E-state index is 0.544. The first-order chi connectivity index (χ1) is 8.15. The summed E-state index contributed by atoms with van der Waals surface area (Å²) in [5.74, 6) is 0.700. The van der Waals surface area contributed by atoms with Crippen molar-refractivity contribution in [2.75, 3.05) is 6.61 Å². The fourth-order valence-electron chi connectivity index (χ4n) is 1.47. The van der Waals surface area contributed by atoms with Crippen LogP contribution in [0.4, 0.5) is 0 Å². The van der Waals surface area contributed by atoms with Crippen LogP contribution in [-0.4, -0.2) is 11.7 Å². The van der Waals surface area contributed by atoms with Gasteiger partial charge < -0.3 is 9.84 Å². The first-order valence-corrected chi connectivity index (χ1v) is 6.41. The molecule has 0 unspecified atom stereocenters. The first-order valence-electron chi connectivity index (χ1n) is 5.62. The van der Waals surface area contributed by atoms with E-state index in [-0.39, 0.29) is 0 Å². The molecule has 1 atom stereocenters. The molecule has 1 aromatic carbocycles. The summed E-state index contributed by atoms with van der Waals surface area (Å²) in [6, 6.07) is 7.68. The van der Waals surface area contributed by atoms with E-state index in [0.717, 1.165) is 22.9 Å². The Labute approximate surface area is 110 Å². The second-order valence-electron chi connectivity index (χ2n) is 3.82. The average molecular weight is 298 g/mol. The quantitative estimate of drug-likeness (QED) is 0.817. The van der Waals surface area contributed by atoms with Crippen LogP contribution in [0, 0.1) is 11.3 Å². The Balaban J connectivity index is 2.57. The van der Waals surface area contributed by atoms with Crippen molar-refractivity contribution in [2.45, 2.75) is 32.3 Å². The predicted molar refractivity (Wildman–Crippen MR) is 69.7 cm³/mol. The molecule has 0 saturated carbocycles. The summed E-state index contributed by atoms with van der Waals surface area (Å²) in [6.45, 7) is 2.28. The van der Waals surface area contributed by atoms with E-state index < -0.39 is 6.10 Å².